The number of nitrogens with zero attached hydrogens (tertiary/aromatic N) is 2. The van der Waals surface area contributed by atoms with Crippen LogP contribution in [-0.4, -0.2) is 22.9 Å². The summed E-state index contributed by atoms with van der Waals surface area (Å²) >= 11 is 0. The highest BCUT2D eigenvalue weighted by Gasteiger charge is 2.43. The largest absolute Gasteiger partial charge is 0.316 e. The average molecular weight is 283 g/mol. The van der Waals surface area contributed by atoms with Crippen molar-refractivity contribution in [2.24, 2.45) is 13.0 Å². The van der Waals surface area contributed by atoms with Crippen LogP contribution in [0.25, 0.3) is 0 Å². The summed E-state index contributed by atoms with van der Waals surface area (Å²) in [5.41, 5.74) is 4.02. The quantitative estimate of drug-likeness (QED) is 0.883. The Hall–Kier alpha value is -1.61. The summed E-state index contributed by atoms with van der Waals surface area (Å²) in [6.07, 6.45) is 3.37. The van der Waals surface area contributed by atoms with Crippen LogP contribution in [0.15, 0.2) is 36.4 Å². The minimum atomic E-state index is 0.537. The Balaban J connectivity index is 1.68. The topological polar surface area (TPSA) is 29.9 Å². The normalized spacial score (nSPS) is 22.2. The van der Waals surface area contributed by atoms with Gasteiger partial charge in [0, 0.05) is 25.2 Å². The smallest absolute Gasteiger partial charge is 0.0624 e. The highest BCUT2D eigenvalue weighted by Crippen LogP contribution is 2.49. The van der Waals surface area contributed by atoms with E-state index in [2.05, 4.69) is 67.8 Å². The number of hydrogen-bond donors (Lipinski definition) is 1. The van der Waals surface area contributed by atoms with Crippen LogP contribution in [0.1, 0.15) is 36.2 Å². The Morgan fingerprint density at radius 1 is 1.33 bits per heavy atom. The molecule has 0 aliphatic heterocycles. The Labute approximate surface area is 127 Å². The Morgan fingerprint density at radius 3 is 2.71 bits per heavy atom. The predicted octanol–water partition coefficient (Wildman–Crippen LogP) is 2.92. The first kappa shape index (κ1) is 14.3. The summed E-state index contributed by atoms with van der Waals surface area (Å²) < 4.78 is 2.04. The summed E-state index contributed by atoms with van der Waals surface area (Å²) in [6, 6.07) is 13.7. The van der Waals surface area contributed by atoms with E-state index in [0.717, 1.165) is 24.7 Å². The van der Waals surface area contributed by atoms with E-state index in [1.165, 1.54) is 23.4 Å². The van der Waals surface area contributed by atoms with Crippen LogP contribution >= 0.6 is 0 Å². The van der Waals surface area contributed by atoms with Gasteiger partial charge in [-0.3, -0.25) is 4.68 Å². The minimum absolute atomic E-state index is 0.537. The van der Waals surface area contributed by atoms with Crippen molar-refractivity contribution in [3.8, 4) is 0 Å². The van der Waals surface area contributed by atoms with E-state index in [1.54, 1.807) is 0 Å². The number of benzene rings is 1. The molecule has 0 radical (unpaired) electrons. The van der Waals surface area contributed by atoms with Gasteiger partial charge in [0.15, 0.2) is 0 Å². The first-order chi connectivity index (χ1) is 10.2. The molecule has 1 fully saturated rings. The van der Waals surface area contributed by atoms with E-state index in [4.69, 9.17) is 0 Å². The lowest BCUT2D eigenvalue weighted by atomic mass is 10.0. The summed E-state index contributed by atoms with van der Waals surface area (Å²) in [7, 11) is 4.14. The van der Waals surface area contributed by atoms with Crippen molar-refractivity contribution in [2.75, 3.05) is 7.05 Å². The first-order valence-corrected chi connectivity index (χ1v) is 7.97. The fourth-order valence-corrected chi connectivity index (χ4v) is 3.37. The van der Waals surface area contributed by atoms with E-state index in [0.29, 0.717) is 6.04 Å². The molecule has 2 aromatic rings. The van der Waals surface area contributed by atoms with E-state index < -0.39 is 0 Å². The molecule has 0 spiro atoms. The van der Waals surface area contributed by atoms with Crippen molar-refractivity contribution in [3.63, 3.8) is 0 Å². The van der Waals surface area contributed by atoms with Gasteiger partial charge in [-0.2, -0.15) is 5.10 Å². The number of aryl methyl sites for hydroxylation is 2. The second-order valence-electron chi connectivity index (χ2n) is 6.12. The molecule has 3 rings (SSSR count). The van der Waals surface area contributed by atoms with Crippen molar-refractivity contribution in [2.45, 2.75) is 38.1 Å². The Kier molecular flexibility index (Phi) is 4.11. The maximum absolute atomic E-state index is 4.56. The standard InChI is InChI=1S/C18H25N3/c1-4-14-10-15(21(3)20-14)11-18(19-2)17-12-16(17)13-8-6-5-7-9-13/h5-10,16-19H,4,11-12H2,1-3H3. The zero-order valence-electron chi connectivity index (χ0n) is 13.2. The van der Waals surface area contributed by atoms with Gasteiger partial charge in [-0.1, -0.05) is 37.3 Å². The zero-order chi connectivity index (χ0) is 14.8. The number of likely N-dealkylation sites (N-methyl/N-ethyl adjacent to an activating group) is 1. The van der Waals surface area contributed by atoms with E-state index in [-0.39, 0.29) is 0 Å². The third-order valence-corrected chi connectivity index (χ3v) is 4.77. The van der Waals surface area contributed by atoms with E-state index in [1.807, 2.05) is 4.68 Å². The molecule has 3 nitrogen and oxygen atoms in total. The van der Waals surface area contributed by atoms with Crippen LogP contribution in [0.4, 0.5) is 0 Å². The maximum atomic E-state index is 4.56. The highest BCUT2D eigenvalue weighted by atomic mass is 15.3. The van der Waals surface area contributed by atoms with Crippen LogP contribution < -0.4 is 5.32 Å². The maximum Gasteiger partial charge on any atom is 0.0624 e. The van der Waals surface area contributed by atoms with E-state index in [9.17, 15) is 0 Å². The molecular weight excluding hydrogens is 258 g/mol. The van der Waals surface area contributed by atoms with Gasteiger partial charge in [0.05, 0.1) is 5.69 Å². The molecule has 1 N–H and O–H groups in total. The van der Waals surface area contributed by atoms with Crippen LogP contribution in [0, 0.1) is 5.92 Å². The molecule has 1 saturated carbocycles. The molecular formula is C18H25N3. The summed E-state index contributed by atoms with van der Waals surface area (Å²) in [5, 5.41) is 8.09. The van der Waals surface area contributed by atoms with Gasteiger partial charge in [0.2, 0.25) is 0 Å². The number of rotatable bonds is 6. The summed E-state index contributed by atoms with van der Waals surface area (Å²) in [6.45, 7) is 2.16. The number of hydrogen-bond acceptors (Lipinski definition) is 2. The average Bonchev–Trinajstić information content (AvgIpc) is 3.23. The third kappa shape index (κ3) is 3.03. The third-order valence-electron chi connectivity index (χ3n) is 4.77. The number of nitrogens with one attached hydrogen (secondary N) is 1. The van der Waals surface area contributed by atoms with Crippen molar-refractivity contribution in [1.82, 2.24) is 15.1 Å². The lowest BCUT2D eigenvalue weighted by Gasteiger charge is -2.16. The summed E-state index contributed by atoms with van der Waals surface area (Å²) in [5.74, 6) is 1.47. The van der Waals surface area contributed by atoms with Gasteiger partial charge >= 0.3 is 0 Å². The molecule has 1 aliphatic rings. The predicted molar refractivity (Wildman–Crippen MR) is 86.4 cm³/mol. The molecule has 3 unspecified atom stereocenters. The molecule has 1 aliphatic carbocycles. The van der Waals surface area contributed by atoms with Crippen LogP contribution in [0.2, 0.25) is 0 Å². The van der Waals surface area contributed by atoms with Gasteiger partial charge in [-0.15, -0.1) is 0 Å². The van der Waals surface area contributed by atoms with Crippen LogP contribution in [0.5, 0.6) is 0 Å². The lowest BCUT2D eigenvalue weighted by molar-refractivity contribution is 0.476. The molecule has 1 aromatic carbocycles. The molecule has 0 bridgehead atoms. The fraction of sp³-hybridized carbons (Fsp3) is 0.500. The number of aromatic nitrogens is 2. The van der Waals surface area contributed by atoms with Gasteiger partial charge in [0.1, 0.15) is 0 Å². The molecule has 0 saturated heterocycles. The molecule has 1 aromatic heterocycles. The molecule has 112 valence electrons. The van der Waals surface area contributed by atoms with E-state index >= 15 is 0 Å². The lowest BCUT2D eigenvalue weighted by Crippen LogP contribution is -2.31. The molecule has 3 heteroatoms. The van der Waals surface area contributed by atoms with Crippen molar-refractivity contribution in [3.05, 3.63) is 53.3 Å². The first-order valence-electron chi connectivity index (χ1n) is 7.97. The Bertz CT molecular complexity index is 588. The van der Waals surface area contributed by atoms with Crippen LogP contribution in [0.3, 0.4) is 0 Å². The van der Waals surface area contributed by atoms with Crippen molar-refractivity contribution < 1.29 is 0 Å². The van der Waals surface area contributed by atoms with Gasteiger partial charge in [-0.25, -0.2) is 0 Å². The minimum Gasteiger partial charge on any atom is -0.316 e. The van der Waals surface area contributed by atoms with Gasteiger partial charge < -0.3 is 5.32 Å². The van der Waals surface area contributed by atoms with Crippen LogP contribution in [-0.2, 0) is 19.9 Å². The molecule has 21 heavy (non-hydrogen) atoms. The second kappa shape index (κ2) is 6.02. The molecule has 3 atom stereocenters. The molecule has 0 amide bonds. The SMILES string of the molecule is CCc1cc(CC(NC)C2CC2c2ccccc2)n(C)n1. The highest BCUT2D eigenvalue weighted by molar-refractivity contribution is 5.27. The zero-order valence-corrected chi connectivity index (χ0v) is 13.2. The fourth-order valence-electron chi connectivity index (χ4n) is 3.37. The second-order valence-corrected chi connectivity index (χ2v) is 6.12. The van der Waals surface area contributed by atoms with Crippen molar-refractivity contribution in [1.29, 1.82) is 0 Å². The molecule has 1 heterocycles. The van der Waals surface area contributed by atoms with Gasteiger partial charge in [-0.05, 0) is 43.4 Å². The monoisotopic (exact) mass is 283 g/mol. The van der Waals surface area contributed by atoms with Crippen molar-refractivity contribution >= 4 is 0 Å². The summed E-state index contributed by atoms with van der Waals surface area (Å²) in [4.78, 5) is 0. The van der Waals surface area contributed by atoms with Gasteiger partial charge in [0.25, 0.3) is 0 Å². The Morgan fingerprint density at radius 2 is 2.10 bits per heavy atom.